The lowest BCUT2D eigenvalue weighted by molar-refractivity contribution is -0.118. The Morgan fingerprint density at radius 3 is 2.81 bits per heavy atom. The van der Waals surface area contributed by atoms with Crippen molar-refractivity contribution in [2.75, 3.05) is 5.32 Å². The zero-order valence-corrected chi connectivity index (χ0v) is 9.46. The van der Waals surface area contributed by atoms with Gasteiger partial charge in [-0.2, -0.15) is 0 Å². The van der Waals surface area contributed by atoms with E-state index < -0.39 is 0 Å². The average Bonchev–Trinajstić information content (AvgIpc) is 2.31. The number of amides is 1. The second-order valence-corrected chi connectivity index (χ2v) is 3.99. The Bertz CT molecular complexity index is 428. The highest BCUT2D eigenvalue weighted by Gasteiger charge is 2.23. The summed E-state index contributed by atoms with van der Waals surface area (Å²) in [6, 6.07) is 9.38. The summed E-state index contributed by atoms with van der Waals surface area (Å²) >= 11 is 5.10. The number of thiocarbonyl (C=S) groups is 1. The van der Waals surface area contributed by atoms with E-state index in [1.54, 1.807) is 6.20 Å². The van der Waals surface area contributed by atoms with Crippen LogP contribution in [0.3, 0.4) is 0 Å². The van der Waals surface area contributed by atoms with Gasteiger partial charge in [-0.1, -0.05) is 36.5 Å². The number of anilines is 1. The fraction of sp³-hybridized carbons (Fsp3) is 0.167. The minimum atomic E-state index is -0.264. The van der Waals surface area contributed by atoms with Crippen molar-refractivity contribution in [3.8, 4) is 0 Å². The predicted molar refractivity (Wildman–Crippen MR) is 68.1 cm³/mol. The molecule has 16 heavy (non-hydrogen) atoms. The first-order valence-electron chi connectivity index (χ1n) is 5.08. The minimum absolute atomic E-state index is 0.0620. The van der Waals surface area contributed by atoms with Crippen LogP contribution in [0, 0.1) is 5.92 Å². The molecule has 0 saturated carbocycles. The first kappa shape index (κ1) is 10.8. The number of carbonyl (C=O) groups is 1. The number of hydrogen-bond acceptors (Lipinski definition) is 2. The zero-order chi connectivity index (χ0) is 11.4. The Labute approximate surface area is 99.5 Å². The molecular formula is C12H12N2OS. The molecule has 0 fully saturated rings. The molecule has 0 aromatic heterocycles. The first-order valence-corrected chi connectivity index (χ1v) is 5.49. The molecule has 82 valence electrons. The lowest BCUT2D eigenvalue weighted by Gasteiger charge is -2.19. The van der Waals surface area contributed by atoms with E-state index in [4.69, 9.17) is 12.2 Å². The molecule has 1 amide bonds. The summed E-state index contributed by atoms with van der Waals surface area (Å²) in [7, 11) is 0. The van der Waals surface area contributed by atoms with Crippen LogP contribution >= 0.6 is 12.2 Å². The monoisotopic (exact) mass is 232 g/mol. The Kier molecular flexibility index (Phi) is 3.31. The maximum atomic E-state index is 11.9. The Balaban J connectivity index is 2.03. The van der Waals surface area contributed by atoms with Crippen LogP contribution in [0.25, 0.3) is 0 Å². The number of benzene rings is 1. The van der Waals surface area contributed by atoms with Gasteiger partial charge in [0, 0.05) is 5.69 Å². The number of para-hydroxylation sites is 1. The van der Waals surface area contributed by atoms with Gasteiger partial charge in [0.1, 0.15) is 0 Å². The second kappa shape index (κ2) is 4.90. The Morgan fingerprint density at radius 1 is 1.38 bits per heavy atom. The van der Waals surface area contributed by atoms with Crippen LogP contribution in [0.5, 0.6) is 0 Å². The first-order chi connectivity index (χ1) is 7.77. The molecule has 4 heteroatoms. The summed E-state index contributed by atoms with van der Waals surface area (Å²) in [5.74, 6) is -0.326. The molecule has 0 spiro atoms. The van der Waals surface area contributed by atoms with Crippen LogP contribution in [0.15, 0.2) is 42.6 Å². The third-order valence-electron chi connectivity index (χ3n) is 2.39. The summed E-state index contributed by atoms with van der Waals surface area (Å²) in [5, 5.41) is 5.73. The van der Waals surface area contributed by atoms with E-state index in [1.807, 2.05) is 36.4 Å². The summed E-state index contributed by atoms with van der Waals surface area (Å²) in [6.45, 7) is 0. The topological polar surface area (TPSA) is 41.1 Å². The largest absolute Gasteiger partial charge is 0.356 e. The van der Waals surface area contributed by atoms with Gasteiger partial charge in [-0.25, -0.2) is 0 Å². The van der Waals surface area contributed by atoms with E-state index in [-0.39, 0.29) is 11.8 Å². The Hall–Kier alpha value is -1.68. The van der Waals surface area contributed by atoms with Gasteiger partial charge in [0.15, 0.2) is 0 Å². The van der Waals surface area contributed by atoms with E-state index in [2.05, 4.69) is 10.6 Å². The van der Waals surface area contributed by atoms with Gasteiger partial charge in [-0.3, -0.25) is 4.79 Å². The third-order valence-corrected chi connectivity index (χ3v) is 2.79. The SMILES string of the molecule is O=C(Nc1ccccc1)C1CC=CNC1=S. The number of rotatable bonds is 2. The van der Waals surface area contributed by atoms with E-state index in [9.17, 15) is 4.79 Å². The van der Waals surface area contributed by atoms with Gasteiger partial charge in [0.05, 0.1) is 10.9 Å². The fourth-order valence-corrected chi connectivity index (χ4v) is 1.80. The maximum Gasteiger partial charge on any atom is 0.234 e. The zero-order valence-electron chi connectivity index (χ0n) is 8.64. The van der Waals surface area contributed by atoms with Gasteiger partial charge in [0.2, 0.25) is 5.91 Å². The summed E-state index contributed by atoms with van der Waals surface area (Å²) in [6.07, 6.45) is 4.34. The van der Waals surface area contributed by atoms with Crippen molar-refractivity contribution in [2.24, 2.45) is 5.92 Å². The molecule has 1 atom stereocenters. The molecule has 1 aliphatic heterocycles. The van der Waals surface area contributed by atoms with Gasteiger partial charge in [-0.15, -0.1) is 0 Å². The van der Waals surface area contributed by atoms with Crippen molar-refractivity contribution in [1.82, 2.24) is 5.32 Å². The molecule has 1 aromatic rings. The fourth-order valence-electron chi connectivity index (χ4n) is 1.53. The van der Waals surface area contributed by atoms with Gasteiger partial charge in [0.25, 0.3) is 0 Å². The molecule has 1 heterocycles. The number of hydrogen-bond donors (Lipinski definition) is 2. The van der Waals surface area contributed by atoms with Gasteiger partial charge >= 0.3 is 0 Å². The molecule has 0 bridgehead atoms. The molecule has 2 N–H and O–H groups in total. The smallest absolute Gasteiger partial charge is 0.234 e. The van der Waals surface area contributed by atoms with E-state index in [0.717, 1.165) is 5.69 Å². The predicted octanol–water partition coefficient (Wildman–Crippen LogP) is 2.08. The maximum absolute atomic E-state index is 11.9. The molecule has 0 aliphatic carbocycles. The number of allylic oxidation sites excluding steroid dienone is 1. The highest BCUT2D eigenvalue weighted by atomic mass is 32.1. The van der Waals surface area contributed by atoms with E-state index in [0.29, 0.717) is 11.4 Å². The number of nitrogens with one attached hydrogen (secondary N) is 2. The van der Waals surface area contributed by atoms with Crippen LogP contribution in [0.1, 0.15) is 6.42 Å². The van der Waals surface area contributed by atoms with Crippen molar-refractivity contribution < 1.29 is 4.79 Å². The van der Waals surface area contributed by atoms with Crippen LogP contribution < -0.4 is 10.6 Å². The lowest BCUT2D eigenvalue weighted by Crippen LogP contribution is -2.36. The van der Waals surface area contributed by atoms with E-state index in [1.165, 1.54) is 0 Å². The van der Waals surface area contributed by atoms with Crippen LogP contribution in [-0.2, 0) is 4.79 Å². The second-order valence-electron chi connectivity index (χ2n) is 3.55. The molecule has 0 radical (unpaired) electrons. The number of carbonyl (C=O) groups excluding carboxylic acids is 1. The van der Waals surface area contributed by atoms with Crippen LogP contribution in [0.4, 0.5) is 5.69 Å². The average molecular weight is 232 g/mol. The molecule has 1 aromatic carbocycles. The normalized spacial score (nSPS) is 19.0. The van der Waals surface area contributed by atoms with Crippen molar-refractivity contribution >= 4 is 28.8 Å². The highest BCUT2D eigenvalue weighted by molar-refractivity contribution is 7.80. The van der Waals surface area contributed by atoms with Crippen LogP contribution in [0.2, 0.25) is 0 Å². The van der Waals surface area contributed by atoms with Crippen LogP contribution in [-0.4, -0.2) is 10.9 Å². The summed E-state index contributed by atoms with van der Waals surface area (Å²) in [5.41, 5.74) is 0.796. The van der Waals surface area contributed by atoms with Crippen molar-refractivity contribution in [2.45, 2.75) is 6.42 Å². The van der Waals surface area contributed by atoms with Crippen molar-refractivity contribution in [1.29, 1.82) is 0 Å². The Morgan fingerprint density at radius 2 is 2.12 bits per heavy atom. The quantitative estimate of drug-likeness (QED) is 0.767. The minimum Gasteiger partial charge on any atom is -0.356 e. The van der Waals surface area contributed by atoms with E-state index >= 15 is 0 Å². The van der Waals surface area contributed by atoms with Crippen molar-refractivity contribution in [3.05, 3.63) is 42.6 Å². The molecular weight excluding hydrogens is 220 g/mol. The third kappa shape index (κ3) is 2.46. The molecule has 2 rings (SSSR count). The lowest BCUT2D eigenvalue weighted by atomic mass is 10.0. The van der Waals surface area contributed by atoms with Gasteiger partial charge in [-0.05, 0) is 24.8 Å². The molecule has 1 unspecified atom stereocenters. The standard InChI is InChI=1S/C12H12N2OS/c15-11(10-7-4-8-13-12(10)16)14-9-5-2-1-3-6-9/h1-6,8,10H,7H2,(H,13,16)(H,14,15). The summed E-state index contributed by atoms with van der Waals surface area (Å²) in [4.78, 5) is 12.5. The van der Waals surface area contributed by atoms with Gasteiger partial charge < -0.3 is 10.6 Å². The molecule has 0 saturated heterocycles. The van der Waals surface area contributed by atoms with Crippen molar-refractivity contribution in [3.63, 3.8) is 0 Å². The molecule has 3 nitrogen and oxygen atoms in total. The molecule has 1 aliphatic rings. The summed E-state index contributed by atoms with van der Waals surface area (Å²) < 4.78 is 0. The highest BCUT2D eigenvalue weighted by Crippen LogP contribution is 2.14.